The molecule has 1 aliphatic carbocycles. The molecule has 7 nitrogen and oxygen atoms in total. The summed E-state index contributed by atoms with van der Waals surface area (Å²) in [4.78, 5) is 34.3. The number of rotatable bonds is 2. The van der Waals surface area contributed by atoms with Crippen molar-refractivity contribution in [1.82, 2.24) is 14.9 Å². The molecule has 7 heteroatoms. The zero-order valence-corrected chi connectivity index (χ0v) is 13.6. The van der Waals surface area contributed by atoms with Gasteiger partial charge in [0, 0.05) is 24.9 Å². The highest BCUT2D eigenvalue weighted by atomic mass is 16.5. The molecule has 1 unspecified atom stereocenters. The Labute approximate surface area is 135 Å². The second kappa shape index (κ2) is 6.62. The third kappa shape index (κ3) is 3.50. The molecule has 124 valence electrons. The molecule has 1 saturated heterocycles. The van der Waals surface area contributed by atoms with Gasteiger partial charge in [-0.2, -0.15) is 0 Å². The van der Waals surface area contributed by atoms with Crippen LogP contribution in [0.3, 0.4) is 0 Å². The number of amides is 2. The number of anilines is 1. The molecule has 23 heavy (non-hydrogen) atoms. The Hall–Kier alpha value is -2.02. The molecular weight excluding hydrogens is 296 g/mol. The molecule has 1 aliphatic heterocycles. The van der Waals surface area contributed by atoms with Crippen molar-refractivity contribution >= 4 is 17.8 Å². The maximum atomic E-state index is 12.4. The molecule has 0 bridgehead atoms. The van der Waals surface area contributed by atoms with Gasteiger partial charge in [-0.05, 0) is 38.2 Å². The van der Waals surface area contributed by atoms with Gasteiger partial charge >= 0.3 is 0 Å². The first-order valence-corrected chi connectivity index (χ1v) is 8.09. The van der Waals surface area contributed by atoms with E-state index in [0.717, 1.165) is 30.7 Å². The first kappa shape index (κ1) is 15.9. The Kier molecular flexibility index (Phi) is 4.56. The highest BCUT2D eigenvalue weighted by Crippen LogP contribution is 2.23. The standard InChI is InChI=1S/C16H22N4O3/c1-10-12-5-3-4-6-13(12)18-16(17-10)19-15(22)14-9-20(11(2)21)7-8-23-14/h14H,3-9H2,1-2H3,(H,17,18,19,22). The normalized spacial score (nSPS) is 20.8. The fraction of sp³-hybridized carbons (Fsp3) is 0.625. The molecule has 1 aromatic heterocycles. The quantitative estimate of drug-likeness (QED) is 0.874. The lowest BCUT2D eigenvalue weighted by Gasteiger charge is -2.31. The highest BCUT2D eigenvalue weighted by Gasteiger charge is 2.28. The van der Waals surface area contributed by atoms with Crippen molar-refractivity contribution in [2.45, 2.75) is 45.6 Å². The van der Waals surface area contributed by atoms with Crippen molar-refractivity contribution in [2.24, 2.45) is 0 Å². The van der Waals surface area contributed by atoms with Crippen molar-refractivity contribution < 1.29 is 14.3 Å². The molecule has 2 amide bonds. The van der Waals surface area contributed by atoms with Crippen molar-refractivity contribution in [3.05, 3.63) is 17.0 Å². The molecule has 2 heterocycles. The Morgan fingerprint density at radius 3 is 2.83 bits per heavy atom. The number of nitrogens with zero attached hydrogens (tertiary/aromatic N) is 3. The van der Waals surface area contributed by atoms with E-state index in [1.807, 2.05) is 6.92 Å². The zero-order chi connectivity index (χ0) is 16.4. The predicted octanol–water partition coefficient (Wildman–Crippen LogP) is 0.850. The lowest BCUT2D eigenvalue weighted by Crippen LogP contribution is -2.49. The summed E-state index contributed by atoms with van der Waals surface area (Å²) in [7, 11) is 0. The summed E-state index contributed by atoms with van der Waals surface area (Å²) in [5.41, 5.74) is 3.18. The van der Waals surface area contributed by atoms with Crippen molar-refractivity contribution in [3.8, 4) is 0 Å². The van der Waals surface area contributed by atoms with Crippen LogP contribution in [0.5, 0.6) is 0 Å². The molecule has 0 spiro atoms. The van der Waals surface area contributed by atoms with Crippen LogP contribution < -0.4 is 5.32 Å². The lowest BCUT2D eigenvalue weighted by atomic mass is 9.95. The second-order valence-electron chi connectivity index (χ2n) is 6.08. The van der Waals surface area contributed by atoms with E-state index in [1.165, 1.54) is 18.9 Å². The van der Waals surface area contributed by atoms with Crippen molar-refractivity contribution in [1.29, 1.82) is 0 Å². The van der Waals surface area contributed by atoms with Crippen LogP contribution in [0.15, 0.2) is 0 Å². The molecule has 0 saturated carbocycles. The minimum atomic E-state index is -0.674. The summed E-state index contributed by atoms with van der Waals surface area (Å²) in [6, 6.07) is 0. The van der Waals surface area contributed by atoms with E-state index >= 15 is 0 Å². The van der Waals surface area contributed by atoms with Crippen molar-refractivity contribution in [3.63, 3.8) is 0 Å². The minimum Gasteiger partial charge on any atom is -0.365 e. The molecule has 1 N–H and O–H groups in total. The van der Waals surface area contributed by atoms with Crippen LogP contribution in [-0.4, -0.2) is 52.5 Å². The van der Waals surface area contributed by atoms with Gasteiger partial charge < -0.3 is 9.64 Å². The van der Waals surface area contributed by atoms with Gasteiger partial charge in [0.05, 0.1) is 13.2 Å². The number of carbonyl (C=O) groups excluding carboxylic acids is 2. The summed E-state index contributed by atoms with van der Waals surface area (Å²) < 4.78 is 5.47. The third-order valence-corrected chi connectivity index (χ3v) is 4.43. The van der Waals surface area contributed by atoms with E-state index in [1.54, 1.807) is 4.90 Å². The fourth-order valence-corrected chi connectivity index (χ4v) is 3.12. The molecule has 0 aromatic carbocycles. The number of aromatic nitrogens is 2. The van der Waals surface area contributed by atoms with E-state index in [4.69, 9.17) is 4.74 Å². The number of ether oxygens (including phenoxy) is 1. The van der Waals surface area contributed by atoms with Gasteiger partial charge in [0.1, 0.15) is 0 Å². The molecular formula is C16H22N4O3. The number of aryl methyl sites for hydroxylation is 2. The number of hydrogen-bond acceptors (Lipinski definition) is 5. The van der Waals surface area contributed by atoms with Gasteiger partial charge in [-0.15, -0.1) is 0 Å². The lowest BCUT2D eigenvalue weighted by molar-refractivity contribution is -0.143. The number of hydrogen-bond donors (Lipinski definition) is 1. The first-order chi connectivity index (χ1) is 11.0. The van der Waals surface area contributed by atoms with E-state index in [-0.39, 0.29) is 18.4 Å². The van der Waals surface area contributed by atoms with Crippen molar-refractivity contribution in [2.75, 3.05) is 25.0 Å². The van der Waals surface area contributed by atoms with E-state index in [2.05, 4.69) is 15.3 Å². The van der Waals surface area contributed by atoms with E-state index in [9.17, 15) is 9.59 Å². The summed E-state index contributed by atoms with van der Waals surface area (Å²) in [6.07, 6.45) is 3.55. The minimum absolute atomic E-state index is 0.0491. The van der Waals surface area contributed by atoms with Gasteiger partial charge in [-0.3, -0.25) is 14.9 Å². The number of carbonyl (C=O) groups is 2. The number of fused-ring (bicyclic) bond motifs is 1. The number of morpholine rings is 1. The van der Waals surface area contributed by atoms with Gasteiger partial charge in [0.2, 0.25) is 11.9 Å². The Bertz CT molecular complexity index is 632. The van der Waals surface area contributed by atoms with E-state index < -0.39 is 6.10 Å². The second-order valence-corrected chi connectivity index (χ2v) is 6.08. The van der Waals surface area contributed by atoms with Crippen LogP contribution in [0.4, 0.5) is 5.95 Å². The SMILES string of the molecule is CC(=O)N1CCOC(C(=O)Nc2nc(C)c3c(n2)CCCC3)C1. The maximum Gasteiger partial charge on any atom is 0.257 e. The van der Waals surface area contributed by atoms with Crippen LogP contribution in [0.2, 0.25) is 0 Å². The molecule has 1 aromatic rings. The maximum absolute atomic E-state index is 12.4. The van der Waals surface area contributed by atoms with Gasteiger partial charge in [0.25, 0.3) is 5.91 Å². The van der Waals surface area contributed by atoms with Crippen LogP contribution in [0.25, 0.3) is 0 Å². The number of nitrogens with one attached hydrogen (secondary N) is 1. The Morgan fingerprint density at radius 1 is 1.26 bits per heavy atom. The van der Waals surface area contributed by atoms with Gasteiger partial charge in [0.15, 0.2) is 6.10 Å². The molecule has 1 atom stereocenters. The van der Waals surface area contributed by atoms with Gasteiger partial charge in [-0.1, -0.05) is 0 Å². The molecule has 3 rings (SSSR count). The van der Waals surface area contributed by atoms with E-state index in [0.29, 0.717) is 19.1 Å². The average molecular weight is 318 g/mol. The van der Waals surface area contributed by atoms with Crippen LogP contribution >= 0.6 is 0 Å². The summed E-state index contributed by atoms with van der Waals surface area (Å²) in [5.74, 6) is -0.0187. The topological polar surface area (TPSA) is 84.4 Å². The Balaban J connectivity index is 1.70. The largest absolute Gasteiger partial charge is 0.365 e. The fourth-order valence-electron chi connectivity index (χ4n) is 3.12. The smallest absolute Gasteiger partial charge is 0.257 e. The van der Waals surface area contributed by atoms with Crippen LogP contribution in [0.1, 0.15) is 36.7 Å². The van der Waals surface area contributed by atoms with Gasteiger partial charge in [-0.25, -0.2) is 9.97 Å². The Morgan fingerprint density at radius 2 is 2.04 bits per heavy atom. The highest BCUT2D eigenvalue weighted by molar-refractivity contribution is 5.93. The molecule has 0 radical (unpaired) electrons. The molecule has 1 fully saturated rings. The first-order valence-electron chi connectivity index (χ1n) is 8.09. The van der Waals surface area contributed by atoms with Crippen LogP contribution in [0, 0.1) is 6.92 Å². The zero-order valence-electron chi connectivity index (χ0n) is 13.6. The van der Waals surface area contributed by atoms with Crippen LogP contribution in [-0.2, 0) is 27.2 Å². The average Bonchev–Trinajstić information content (AvgIpc) is 2.55. The molecule has 2 aliphatic rings. The monoisotopic (exact) mass is 318 g/mol. The summed E-state index contributed by atoms with van der Waals surface area (Å²) in [6.45, 7) is 4.60. The predicted molar refractivity (Wildman–Crippen MR) is 84.0 cm³/mol. The summed E-state index contributed by atoms with van der Waals surface area (Å²) >= 11 is 0. The summed E-state index contributed by atoms with van der Waals surface area (Å²) in [5, 5.41) is 2.74. The third-order valence-electron chi connectivity index (χ3n) is 4.43.